The molecule has 5 nitrogen and oxygen atoms in total. The number of amides is 1. The molecule has 8 heteroatoms. The molecule has 0 spiro atoms. The number of likely N-dealkylation sites (N-methyl/N-ethyl adjacent to an activating group) is 1. The number of alkyl halides is 3. The van der Waals surface area contributed by atoms with Gasteiger partial charge in [0.25, 0.3) is 0 Å². The molecule has 2 saturated carbocycles. The van der Waals surface area contributed by atoms with Gasteiger partial charge < -0.3 is 4.90 Å². The summed E-state index contributed by atoms with van der Waals surface area (Å²) in [6.45, 7) is 1.12. The van der Waals surface area contributed by atoms with Crippen molar-refractivity contribution in [3.63, 3.8) is 0 Å². The summed E-state index contributed by atoms with van der Waals surface area (Å²) in [5.41, 5.74) is 1.87. The summed E-state index contributed by atoms with van der Waals surface area (Å²) in [4.78, 5) is 17.4. The summed E-state index contributed by atoms with van der Waals surface area (Å²) >= 11 is 0. The SMILES string of the molecule is CN(C)C1(C(=O)N2CC(c3ccc(C(F)(F)F)cc3)CC(c3cc(C4CC4)[nH]n3)C2)CC1. The molecule has 2 unspecified atom stereocenters. The average molecular weight is 447 g/mol. The number of hydrogen-bond acceptors (Lipinski definition) is 3. The second-order valence-corrected chi connectivity index (χ2v) is 9.91. The van der Waals surface area contributed by atoms with E-state index in [0.29, 0.717) is 19.0 Å². The second-order valence-electron chi connectivity index (χ2n) is 9.91. The van der Waals surface area contributed by atoms with Gasteiger partial charge >= 0.3 is 6.18 Å². The molecule has 1 amide bonds. The smallest absolute Gasteiger partial charge is 0.340 e. The largest absolute Gasteiger partial charge is 0.416 e. The first-order chi connectivity index (χ1) is 15.2. The van der Waals surface area contributed by atoms with Gasteiger partial charge in [-0.05, 0) is 70.0 Å². The highest BCUT2D eigenvalue weighted by molar-refractivity contribution is 5.89. The predicted octanol–water partition coefficient (Wildman–Crippen LogP) is 4.50. The maximum absolute atomic E-state index is 13.5. The fourth-order valence-corrected chi connectivity index (χ4v) is 5.10. The maximum atomic E-state index is 13.5. The average Bonchev–Trinajstić information content (AvgIpc) is 3.70. The van der Waals surface area contributed by atoms with Gasteiger partial charge in [0.15, 0.2) is 0 Å². The van der Waals surface area contributed by atoms with E-state index < -0.39 is 17.3 Å². The van der Waals surface area contributed by atoms with E-state index in [2.05, 4.69) is 16.3 Å². The van der Waals surface area contributed by atoms with Crippen LogP contribution >= 0.6 is 0 Å². The van der Waals surface area contributed by atoms with E-state index in [-0.39, 0.29) is 17.7 Å². The lowest BCUT2D eigenvalue weighted by Crippen LogP contribution is -2.52. The zero-order valence-electron chi connectivity index (χ0n) is 18.5. The molecule has 0 bridgehead atoms. The number of hydrogen-bond donors (Lipinski definition) is 1. The van der Waals surface area contributed by atoms with Crippen molar-refractivity contribution in [1.29, 1.82) is 0 Å². The van der Waals surface area contributed by atoms with Gasteiger partial charge in [0.05, 0.1) is 11.3 Å². The van der Waals surface area contributed by atoms with Gasteiger partial charge in [-0.25, -0.2) is 0 Å². The van der Waals surface area contributed by atoms with Gasteiger partial charge in [-0.1, -0.05) is 12.1 Å². The molecular formula is C24H29F3N4O. The third-order valence-corrected chi connectivity index (χ3v) is 7.48. The molecule has 1 aromatic heterocycles. The Morgan fingerprint density at radius 1 is 1.09 bits per heavy atom. The fourth-order valence-electron chi connectivity index (χ4n) is 5.10. The van der Waals surface area contributed by atoms with Crippen molar-refractivity contribution in [2.45, 2.75) is 61.6 Å². The normalized spacial score (nSPS) is 25.2. The Kier molecular flexibility index (Phi) is 5.11. The molecule has 2 atom stereocenters. The molecular weight excluding hydrogens is 417 g/mol. The zero-order valence-corrected chi connectivity index (χ0v) is 18.5. The molecule has 1 N–H and O–H groups in total. The van der Waals surface area contributed by atoms with Gasteiger partial charge in [-0.15, -0.1) is 0 Å². The number of rotatable bonds is 5. The number of H-pyrrole nitrogens is 1. The Morgan fingerprint density at radius 2 is 1.75 bits per heavy atom. The number of benzene rings is 1. The molecule has 2 heterocycles. The van der Waals surface area contributed by atoms with Crippen LogP contribution in [0.3, 0.4) is 0 Å². The minimum Gasteiger partial charge on any atom is -0.340 e. The lowest BCUT2D eigenvalue weighted by molar-refractivity contribution is -0.139. The van der Waals surface area contributed by atoms with Crippen LogP contribution in [0.2, 0.25) is 0 Å². The summed E-state index contributed by atoms with van der Waals surface area (Å²) < 4.78 is 39.1. The van der Waals surface area contributed by atoms with Crippen LogP contribution < -0.4 is 0 Å². The van der Waals surface area contributed by atoms with E-state index in [1.165, 1.54) is 12.8 Å². The summed E-state index contributed by atoms with van der Waals surface area (Å²) in [5.74, 6) is 0.717. The van der Waals surface area contributed by atoms with Crippen LogP contribution in [-0.4, -0.2) is 58.6 Å². The van der Waals surface area contributed by atoms with E-state index in [4.69, 9.17) is 0 Å². The van der Waals surface area contributed by atoms with Crippen LogP contribution in [0, 0.1) is 0 Å². The van der Waals surface area contributed by atoms with E-state index in [1.54, 1.807) is 12.1 Å². The van der Waals surface area contributed by atoms with E-state index in [1.807, 2.05) is 23.9 Å². The van der Waals surface area contributed by atoms with Gasteiger partial charge in [0.2, 0.25) is 5.91 Å². The first-order valence-corrected chi connectivity index (χ1v) is 11.4. The molecule has 2 aliphatic carbocycles. The Bertz CT molecular complexity index is 989. The van der Waals surface area contributed by atoms with Gasteiger partial charge in [-0.3, -0.25) is 14.8 Å². The molecule has 172 valence electrons. The fraction of sp³-hybridized carbons (Fsp3) is 0.583. The van der Waals surface area contributed by atoms with E-state index >= 15 is 0 Å². The summed E-state index contributed by atoms with van der Waals surface area (Å²) in [5, 5.41) is 7.72. The van der Waals surface area contributed by atoms with Crippen LogP contribution in [0.25, 0.3) is 0 Å². The molecule has 1 aromatic carbocycles. The molecule has 32 heavy (non-hydrogen) atoms. The Morgan fingerprint density at radius 3 is 2.31 bits per heavy atom. The van der Waals surface area contributed by atoms with Crippen LogP contribution in [0.4, 0.5) is 13.2 Å². The van der Waals surface area contributed by atoms with Crippen molar-refractivity contribution >= 4 is 5.91 Å². The van der Waals surface area contributed by atoms with Crippen LogP contribution in [-0.2, 0) is 11.0 Å². The number of carbonyl (C=O) groups is 1. The number of nitrogens with one attached hydrogen (secondary N) is 1. The second kappa shape index (κ2) is 7.61. The lowest BCUT2D eigenvalue weighted by Gasteiger charge is -2.40. The van der Waals surface area contributed by atoms with E-state index in [9.17, 15) is 18.0 Å². The minimum absolute atomic E-state index is 0.0287. The van der Waals surface area contributed by atoms with Crippen LogP contribution in [0.5, 0.6) is 0 Å². The van der Waals surface area contributed by atoms with E-state index in [0.717, 1.165) is 48.3 Å². The van der Waals surface area contributed by atoms with Crippen molar-refractivity contribution in [3.8, 4) is 0 Å². The van der Waals surface area contributed by atoms with Gasteiger partial charge in [0, 0.05) is 36.5 Å². The summed E-state index contributed by atoms with van der Waals surface area (Å²) in [6, 6.07) is 7.55. The zero-order chi connectivity index (χ0) is 22.7. The van der Waals surface area contributed by atoms with Crippen LogP contribution in [0.1, 0.15) is 72.4 Å². The standard InChI is InChI=1S/C24H29F3N4O/c1-30(2)23(9-10-23)22(32)31-13-17(15-5-7-19(8-6-15)24(25,26)27)11-18(14-31)21-12-20(28-29-21)16-3-4-16/h5-8,12,16-18H,3-4,9-11,13-14H2,1-2H3,(H,28,29). The third-order valence-electron chi connectivity index (χ3n) is 7.48. The predicted molar refractivity (Wildman–Crippen MR) is 114 cm³/mol. The van der Waals surface area contributed by atoms with Crippen LogP contribution in [0.15, 0.2) is 30.3 Å². The highest BCUT2D eigenvalue weighted by atomic mass is 19.4. The molecule has 1 aliphatic heterocycles. The molecule has 3 fully saturated rings. The monoisotopic (exact) mass is 446 g/mol. The highest BCUT2D eigenvalue weighted by Crippen LogP contribution is 2.45. The summed E-state index contributed by atoms with van der Waals surface area (Å²) in [6.07, 6.45) is 0.457. The first-order valence-electron chi connectivity index (χ1n) is 11.4. The number of piperidine rings is 1. The maximum Gasteiger partial charge on any atom is 0.416 e. The van der Waals surface area contributed by atoms with Gasteiger partial charge in [-0.2, -0.15) is 18.3 Å². The Labute approximate surface area is 186 Å². The Balaban J connectivity index is 1.42. The number of aromatic nitrogens is 2. The lowest BCUT2D eigenvalue weighted by atomic mass is 9.82. The van der Waals surface area contributed by atoms with Crippen molar-refractivity contribution in [3.05, 3.63) is 52.8 Å². The number of halogens is 3. The molecule has 0 radical (unpaired) electrons. The van der Waals surface area contributed by atoms with Crippen molar-refractivity contribution < 1.29 is 18.0 Å². The Hall–Kier alpha value is -2.35. The van der Waals surface area contributed by atoms with Crippen molar-refractivity contribution in [1.82, 2.24) is 20.0 Å². The molecule has 1 saturated heterocycles. The van der Waals surface area contributed by atoms with Crippen molar-refractivity contribution in [2.24, 2.45) is 0 Å². The minimum atomic E-state index is -4.35. The molecule has 5 rings (SSSR count). The number of nitrogens with zero attached hydrogens (tertiary/aromatic N) is 3. The quantitative estimate of drug-likeness (QED) is 0.736. The number of aromatic amines is 1. The number of likely N-dealkylation sites (tertiary alicyclic amines) is 1. The topological polar surface area (TPSA) is 52.2 Å². The van der Waals surface area contributed by atoms with Gasteiger partial charge in [0.1, 0.15) is 5.54 Å². The molecule has 3 aliphatic rings. The highest BCUT2D eigenvalue weighted by Gasteiger charge is 2.54. The third kappa shape index (κ3) is 3.93. The summed E-state index contributed by atoms with van der Waals surface area (Å²) in [7, 11) is 3.88. The molecule has 2 aromatic rings. The van der Waals surface area contributed by atoms with Crippen molar-refractivity contribution in [2.75, 3.05) is 27.2 Å². The first kappa shape index (κ1) is 21.5. The number of carbonyl (C=O) groups excluding carboxylic acids is 1.